The molecule has 2 heterocycles. The average molecular weight is 657 g/mol. The molecule has 5 rings (SSSR count). The minimum absolute atomic E-state index is 0.105. The number of nitrogens with zero attached hydrogens (tertiary/aromatic N) is 4. The molecule has 0 aliphatic carbocycles. The molecule has 0 unspecified atom stereocenters. The molecule has 0 bridgehead atoms. The highest BCUT2D eigenvalue weighted by Crippen LogP contribution is 2.31. The van der Waals surface area contributed by atoms with Gasteiger partial charge in [0.05, 0.1) is 23.9 Å². The lowest BCUT2D eigenvalue weighted by Gasteiger charge is -2.36. The topological polar surface area (TPSA) is 95.7 Å². The Balaban J connectivity index is 1.60. The molecule has 0 spiro atoms. The molecule has 47 heavy (non-hydrogen) atoms. The Bertz CT molecular complexity index is 1780. The zero-order valence-electron chi connectivity index (χ0n) is 28.3. The van der Waals surface area contributed by atoms with E-state index in [0.29, 0.717) is 43.0 Å². The number of hydrogen-bond donors (Lipinski definition) is 2. The maximum Gasteiger partial charge on any atom is 0.274 e. The summed E-state index contributed by atoms with van der Waals surface area (Å²) in [7, 11) is -2.51. The number of amides is 2. The summed E-state index contributed by atoms with van der Waals surface area (Å²) in [5.41, 5.74) is 5.91. The van der Waals surface area contributed by atoms with Crippen LogP contribution in [0, 0.1) is 6.92 Å². The molecule has 1 aliphatic heterocycles. The van der Waals surface area contributed by atoms with Crippen LogP contribution in [-0.4, -0.2) is 79.0 Å². The maximum atomic E-state index is 14.6. The second-order valence-corrected chi connectivity index (χ2v) is 16.2. The first-order valence-electron chi connectivity index (χ1n) is 16.7. The number of rotatable bonds is 12. The fourth-order valence-corrected chi connectivity index (χ4v) is 7.13. The number of thiol groups is 1. The number of unbranched alkanes of at least 4 members (excludes halogenated alkanes) is 2. The predicted molar refractivity (Wildman–Crippen MR) is 190 cm³/mol. The van der Waals surface area contributed by atoms with E-state index in [0.717, 1.165) is 58.5 Å². The molecule has 1 N–H and O–H groups in total. The third kappa shape index (κ3) is 7.57. The van der Waals surface area contributed by atoms with Gasteiger partial charge in [-0.1, -0.05) is 79.1 Å². The van der Waals surface area contributed by atoms with Crippen molar-refractivity contribution in [3.63, 3.8) is 0 Å². The molecule has 9 heteroatoms. The first kappa shape index (κ1) is 34.3. The molecule has 8 nitrogen and oxygen atoms in total. The van der Waals surface area contributed by atoms with E-state index in [4.69, 9.17) is 5.10 Å². The van der Waals surface area contributed by atoms with E-state index in [2.05, 4.69) is 19.9 Å². The Hall–Kier alpha value is -4.08. The molecule has 0 radical (unpaired) electrons. The van der Waals surface area contributed by atoms with E-state index < -0.39 is 9.93 Å². The van der Waals surface area contributed by atoms with Gasteiger partial charge >= 0.3 is 0 Å². The Labute approximate surface area is 279 Å². The van der Waals surface area contributed by atoms with E-state index in [1.807, 2.05) is 72.5 Å². The molecule has 0 fully saturated rings. The van der Waals surface area contributed by atoms with Crippen LogP contribution in [0.3, 0.4) is 0 Å². The van der Waals surface area contributed by atoms with E-state index in [-0.39, 0.29) is 24.5 Å². The number of carbonyl (C=O) groups excluding carboxylic acids is 2. The molecule has 1 atom stereocenters. The summed E-state index contributed by atoms with van der Waals surface area (Å²) in [4.78, 5) is 32.7. The second kappa shape index (κ2) is 14.8. The number of aliphatic hydroxyl groups excluding tert-OH is 1. The van der Waals surface area contributed by atoms with Crippen LogP contribution in [0.15, 0.2) is 77.7 Å². The van der Waals surface area contributed by atoms with Crippen LogP contribution in [-0.2, 0) is 22.9 Å². The lowest BCUT2D eigenvalue weighted by molar-refractivity contribution is 0.0544. The Morgan fingerprint density at radius 3 is 2.26 bits per heavy atom. The molecule has 0 saturated carbocycles. The highest BCUT2D eigenvalue weighted by molar-refractivity contribution is 8.01. The summed E-state index contributed by atoms with van der Waals surface area (Å²) in [6, 6.07) is 22.8. The van der Waals surface area contributed by atoms with Crippen LogP contribution in [0.25, 0.3) is 16.8 Å². The van der Waals surface area contributed by atoms with Gasteiger partial charge in [-0.3, -0.25) is 13.8 Å². The number of carbonyl (C=O) groups is 2. The van der Waals surface area contributed by atoms with Crippen molar-refractivity contribution < 1.29 is 18.9 Å². The Morgan fingerprint density at radius 2 is 1.60 bits per heavy atom. The summed E-state index contributed by atoms with van der Waals surface area (Å²) < 4.78 is 14.6. The van der Waals surface area contributed by atoms with Crippen molar-refractivity contribution in [1.82, 2.24) is 19.6 Å². The first-order valence-corrected chi connectivity index (χ1v) is 19.3. The summed E-state index contributed by atoms with van der Waals surface area (Å²) in [5, 5.41) is 15.2. The van der Waals surface area contributed by atoms with E-state index in [9.17, 15) is 18.9 Å². The summed E-state index contributed by atoms with van der Waals surface area (Å²) in [6.45, 7) is 7.70. The highest BCUT2D eigenvalue weighted by Gasteiger charge is 2.32. The van der Waals surface area contributed by atoms with Gasteiger partial charge in [-0.15, -0.1) is 0 Å². The molecule has 250 valence electrons. The van der Waals surface area contributed by atoms with Gasteiger partial charge in [-0.05, 0) is 91.3 Å². The van der Waals surface area contributed by atoms with Gasteiger partial charge in [0, 0.05) is 30.2 Å². The summed E-state index contributed by atoms with van der Waals surface area (Å²) in [6.07, 6.45) is 7.89. The molecule has 1 aromatic heterocycles. The second-order valence-electron chi connectivity index (χ2n) is 13.0. The van der Waals surface area contributed by atoms with Crippen LogP contribution in [0.5, 0.6) is 0 Å². The van der Waals surface area contributed by atoms with Crippen molar-refractivity contribution in [3.8, 4) is 16.8 Å². The van der Waals surface area contributed by atoms with Crippen molar-refractivity contribution in [3.05, 3.63) is 101 Å². The monoisotopic (exact) mass is 656 g/mol. The lowest BCUT2D eigenvalue weighted by Crippen LogP contribution is -2.46. The molecule has 3 aromatic carbocycles. The quantitative estimate of drug-likeness (QED) is 0.180. The minimum Gasteiger partial charge on any atom is -0.394 e. The standard InChI is InChI=1S/C38H48N4O4S/c1-6-8-19-40(20-9-7-2)38(45)35-21-27(3)42(39-35)36-18-17-30(29-15-12-16-33(23-29)47(4,5)46)24-34(36)37(44)41-25-31-14-11-10-13-28(31)22-32(41)26-43/h10-18,21,23-24,32,43,47H,6-9,19-20,22,25-26H2,1-5H3/t32-/m0/s1. The van der Waals surface area contributed by atoms with Gasteiger partial charge in [0.2, 0.25) is 0 Å². The van der Waals surface area contributed by atoms with Crippen molar-refractivity contribution >= 4 is 21.7 Å². The number of aromatic nitrogens is 2. The Kier molecular flexibility index (Phi) is 10.8. The van der Waals surface area contributed by atoms with Gasteiger partial charge in [0.1, 0.15) is 0 Å². The third-order valence-corrected chi connectivity index (χ3v) is 10.6. The average Bonchev–Trinajstić information content (AvgIpc) is 3.47. The first-order chi connectivity index (χ1) is 22.5. The molecular weight excluding hydrogens is 609 g/mol. The fourth-order valence-electron chi connectivity index (χ4n) is 6.23. The van der Waals surface area contributed by atoms with Crippen LogP contribution < -0.4 is 0 Å². The van der Waals surface area contributed by atoms with Crippen molar-refractivity contribution in [2.45, 2.75) is 70.4 Å². The SMILES string of the molecule is CCCCN(CCCC)C(=O)c1cc(C)n(-c2ccc(-c3cccc([SH](C)(C)=O)c3)cc2C(=O)N2Cc3ccccc3C[C@H]2CO)n1. The number of aliphatic hydroxyl groups is 1. The van der Waals surface area contributed by atoms with Gasteiger partial charge in [0.25, 0.3) is 11.8 Å². The van der Waals surface area contributed by atoms with Crippen molar-refractivity contribution in [2.24, 2.45) is 0 Å². The smallest absolute Gasteiger partial charge is 0.274 e. The van der Waals surface area contributed by atoms with Gasteiger partial charge in [-0.2, -0.15) is 5.10 Å². The predicted octanol–water partition coefficient (Wildman–Crippen LogP) is 6.08. The molecule has 0 saturated heterocycles. The molecule has 2 amide bonds. The zero-order valence-corrected chi connectivity index (χ0v) is 29.2. The van der Waals surface area contributed by atoms with Gasteiger partial charge in [-0.25, -0.2) is 4.68 Å². The zero-order chi connectivity index (χ0) is 33.7. The van der Waals surface area contributed by atoms with Crippen LogP contribution in [0.1, 0.15) is 77.2 Å². The largest absolute Gasteiger partial charge is 0.394 e. The lowest BCUT2D eigenvalue weighted by atomic mass is 9.93. The van der Waals surface area contributed by atoms with E-state index >= 15 is 0 Å². The van der Waals surface area contributed by atoms with E-state index in [1.165, 1.54) is 0 Å². The van der Waals surface area contributed by atoms with Crippen molar-refractivity contribution in [1.29, 1.82) is 0 Å². The highest BCUT2D eigenvalue weighted by atomic mass is 32.2. The van der Waals surface area contributed by atoms with Gasteiger partial charge in [0.15, 0.2) is 5.69 Å². The normalized spacial score (nSPS) is 14.9. The number of aryl methyl sites for hydroxylation is 1. The third-order valence-electron chi connectivity index (χ3n) is 9.04. The number of hydrogen-bond acceptors (Lipinski definition) is 5. The minimum atomic E-state index is -2.51. The molecule has 1 aliphatic rings. The summed E-state index contributed by atoms with van der Waals surface area (Å²) >= 11 is 0. The van der Waals surface area contributed by atoms with Crippen LogP contribution in [0.2, 0.25) is 0 Å². The molecular formula is C38H48N4O4S. The van der Waals surface area contributed by atoms with Gasteiger partial charge < -0.3 is 14.9 Å². The molecule has 4 aromatic rings. The van der Waals surface area contributed by atoms with E-state index in [1.54, 1.807) is 28.2 Å². The van der Waals surface area contributed by atoms with Crippen LogP contribution in [0.4, 0.5) is 0 Å². The maximum absolute atomic E-state index is 14.6. The van der Waals surface area contributed by atoms with Crippen LogP contribution >= 0.6 is 0 Å². The number of fused-ring (bicyclic) bond motifs is 1. The fraction of sp³-hybridized carbons (Fsp3) is 0.395. The summed E-state index contributed by atoms with van der Waals surface area (Å²) in [5.74, 6) is -0.329. The number of benzene rings is 3. The van der Waals surface area contributed by atoms with Crippen molar-refractivity contribution in [2.75, 3.05) is 32.2 Å². The Morgan fingerprint density at radius 1 is 0.915 bits per heavy atom.